The van der Waals surface area contributed by atoms with Crippen LogP contribution in [0.15, 0.2) is 17.4 Å². The first-order valence-corrected chi connectivity index (χ1v) is 6.29. The summed E-state index contributed by atoms with van der Waals surface area (Å²) in [5.74, 6) is 0.477. The number of nitrogens with two attached hydrogens (primary N) is 1. The van der Waals surface area contributed by atoms with Crippen LogP contribution in [0.5, 0.6) is 0 Å². The van der Waals surface area contributed by atoms with Gasteiger partial charge in [-0.1, -0.05) is 0 Å². The van der Waals surface area contributed by atoms with E-state index in [2.05, 4.69) is 16.9 Å². The Morgan fingerprint density at radius 1 is 1.16 bits per heavy atom. The minimum absolute atomic E-state index is 0.185. The Kier molecular flexibility index (Phi) is 2.80. The molecule has 2 rings (SSSR count). The molecule has 1 aliphatic rings. The van der Waals surface area contributed by atoms with Gasteiger partial charge in [0.25, 0.3) is 5.22 Å². The van der Waals surface area contributed by atoms with Crippen molar-refractivity contribution in [2.75, 3.05) is 5.73 Å². The van der Waals surface area contributed by atoms with E-state index in [1.165, 1.54) is 4.68 Å². The molecule has 0 bridgehead atoms. The van der Waals surface area contributed by atoms with Crippen molar-refractivity contribution in [3.8, 4) is 0 Å². The summed E-state index contributed by atoms with van der Waals surface area (Å²) < 4.78 is 60.4. The molecule has 1 aromatic rings. The molecule has 0 unspecified atom stereocenters. The summed E-state index contributed by atoms with van der Waals surface area (Å²) in [6, 6.07) is 3.23. The van der Waals surface area contributed by atoms with Crippen LogP contribution in [-0.2, 0) is 0 Å². The van der Waals surface area contributed by atoms with Gasteiger partial charge in [-0.3, -0.25) is 0 Å². The number of pyridine rings is 1. The van der Waals surface area contributed by atoms with E-state index >= 15 is 0 Å². The van der Waals surface area contributed by atoms with E-state index in [0.717, 1.165) is 0 Å². The van der Waals surface area contributed by atoms with Gasteiger partial charge in [0, 0.05) is 15.6 Å². The topological polar surface area (TPSA) is 80.3 Å². The van der Waals surface area contributed by atoms with E-state index in [1.807, 2.05) is 0 Å². The van der Waals surface area contributed by atoms with Gasteiger partial charge in [-0.05, 0) is 6.07 Å². The fraction of sp³-hybridized carbons (Fsp3) is 0. The number of nitrogen functional groups attached to an aromatic ring is 1. The van der Waals surface area contributed by atoms with Crippen LogP contribution in [0.2, 0.25) is 0 Å². The van der Waals surface area contributed by atoms with Gasteiger partial charge in [-0.15, -0.1) is 0 Å². The van der Waals surface area contributed by atoms with Gasteiger partial charge in [0.05, 0.1) is 0 Å². The molecule has 0 spiro atoms. The third-order valence-electron chi connectivity index (χ3n) is 1.52. The molecule has 108 valence electrons. The van der Waals surface area contributed by atoms with Crippen LogP contribution >= 0.6 is 7.81 Å². The molecule has 0 saturated heterocycles. The molecule has 1 aliphatic heterocycles. The fourth-order valence-electron chi connectivity index (χ4n) is 0.987. The molecule has 6 nitrogen and oxygen atoms in total. The monoisotopic (exact) mass is 309 g/mol. The number of rotatable bonds is 0. The maximum atomic E-state index is 11.0. The van der Waals surface area contributed by atoms with Crippen molar-refractivity contribution < 1.29 is 34.7 Å². The minimum atomic E-state index is -10.7. The molecule has 0 fully saturated rings. The van der Waals surface area contributed by atoms with Crippen LogP contribution in [0.4, 0.5) is 42.5 Å². The van der Waals surface area contributed by atoms with E-state index in [1.54, 1.807) is 12.1 Å². The Balaban J connectivity index is 0.000000224. The number of fused-ring (bicyclic) bond motifs is 1. The van der Waals surface area contributed by atoms with Crippen molar-refractivity contribution in [2.45, 2.75) is 0 Å². The quantitative estimate of drug-likeness (QED) is 0.341. The summed E-state index contributed by atoms with van der Waals surface area (Å²) in [4.78, 5) is 4.19. The zero-order valence-corrected chi connectivity index (χ0v) is 9.75. The Hall–Kier alpha value is -1.97. The Labute approximate surface area is 101 Å². The van der Waals surface area contributed by atoms with Crippen LogP contribution < -0.4 is 5.73 Å². The third kappa shape index (κ3) is 5.95. The summed E-state index contributed by atoms with van der Waals surface area (Å²) in [6.07, 6.45) is 0. The molecule has 0 atom stereocenters. The first-order valence-electron chi connectivity index (χ1n) is 4.26. The first kappa shape index (κ1) is 15.1. The van der Waals surface area contributed by atoms with Gasteiger partial charge in [0.1, 0.15) is 5.82 Å². The number of halogens is 6. The van der Waals surface area contributed by atoms with Crippen molar-refractivity contribution in [1.82, 2.24) is 4.98 Å². The van der Waals surface area contributed by atoms with E-state index in [-0.39, 0.29) is 5.82 Å². The second kappa shape index (κ2) is 3.53. The molecular formula is C6H6F6N5OP. The molecule has 19 heavy (non-hydrogen) atoms. The van der Waals surface area contributed by atoms with E-state index in [4.69, 9.17) is 5.73 Å². The van der Waals surface area contributed by atoms with Crippen LogP contribution in [0.25, 0.3) is 0 Å². The second-order valence-electron chi connectivity index (χ2n) is 3.30. The molecule has 0 aliphatic carbocycles. The van der Waals surface area contributed by atoms with Crippen LogP contribution in [0, 0.1) is 5.21 Å². The van der Waals surface area contributed by atoms with Crippen LogP contribution in [0.1, 0.15) is 0 Å². The molecule has 2 heterocycles. The fourth-order valence-corrected chi connectivity index (χ4v) is 0.987. The summed E-state index contributed by atoms with van der Waals surface area (Å²) in [6.45, 7) is 3.50. The van der Waals surface area contributed by atoms with Crippen molar-refractivity contribution in [3.63, 3.8) is 0 Å². The number of hydrogen-bond acceptors (Lipinski definition) is 4. The zero-order valence-electron chi connectivity index (χ0n) is 8.85. The molecule has 0 radical (unpaired) electrons. The molecule has 1 aromatic heterocycles. The Bertz CT molecular complexity index is 570. The molecular weight excluding hydrogens is 303 g/mol. The third-order valence-corrected chi connectivity index (χ3v) is 1.52. The van der Waals surface area contributed by atoms with Crippen LogP contribution in [-0.4, -0.2) is 21.2 Å². The van der Waals surface area contributed by atoms with Gasteiger partial charge in [-0.2, -0.15) is 4.98 Å². The number of hydrogen-bond donors (Lipinski definition) is 1. The normalized spacial score (nSPS) is 17.6. The molecule has 0 aromatic carbocycles. The van der Waals surface area contributed by atoms with Gasteiger partial charge < -0.3 is 10.9 Å². The maximum absolute atomic E-state index is 11.0. The molecule has 0 amide bonds. The Morgan fingerprint density at radius 2 is 1.63 bits per heavy atom. The second-order valence-corrected chi connectivity index (χ2v) is 5.22. The number of aromatic nitrogens is 1. The standard InChI is InChI=1S/C6H6N5O.F6P/c1-10-4-2-3-5(7)8-6(4)11(12)9-10;1-7(2,3,4,5)6/h2-3H,1H2,(H2,7,8);/q+1;-1. The summed E-state index contributed by atoms with van der Waals surface area (Å²) >= 11 is 0. The SMILES string of the molecule is C=[N+]1N=[N+]([O-])c2nc(N)ccc21.F[P-](F)(F)(F)(F)F. The summed E-state index contributed by atoms with van der Waals surface area (Å²) in [7, 11) is -10.7. The Morgan fingerprint density at radius 3 is 2.11 bits per heavy atom. The molecule has 13 heteroatoms. The number of anilines is 1. The first-order chi connectivity index (χ1) is 8.13. The van der Waals surface area contributed by atoms with Crippen LogP contribution in [0.3, 0.4) is 0 Å². The predicted molar refractivity (Wildman–Crippen MR) is 55.0 cm³/mol. The average molecular weight is 309 g/mol. The van der Waals surface area contributed by atoms with Crippen molar-refractivity contribution >= 4 is 31.8 Å². The zero-order chi connectivity index (χ0) is 15.1. The predicted octanol–water partition coefficient (Wildman–Crippen LogP) is 3.91. The van der Waals surface area contributed by atoms with Gasteiger partial charge in [0.2, 0.25) is 0 Å². The van der Waals surface area contributed by atoms with Gasteiger partial charge in [0.15, 0.2) is 6.72 Å². The van der Waals surface area contributed by atoms with E-state index in [9.17, 15) is 30.4 Å². The van der Waals surface area contributed by atoms with E-state index < -0.39 is 7.81 Å². The summed E-state index contributed by atoms with van der Waals surface area (Å²) in [5, 5.41) is 14.5. The van der Waals surface area contributed by atoms with Crippen molar-refractivity contribution in [3.05, 3.63) is 17.3 Å². The molecule has 0 saturated carbocycles. The van der Waals surface area contributed by atoms with Crippen molar-refractivity contribution in [2.24, 2.45) is 5.22 Å². The molecule has 2 N–H and O–H groups in total. The summed E-state index contributed by atoms with van der Waals surface area (Å²) in [5.41, 5.74) is 5.94. The number of nitrogens with zero attached hydrogens (tertiary/aromatic N) is 4. The van der Waals surface area contributed by atoms with Gasteiger partial charge in [-0.25, -0.2) is 0 Å². The van der Waals surface area contributed by atoms with Gasteiger partial charge >= 0.3 is 44.5 Å². The average Bonchev–Trinajstić information content (AvgIpc) is 2.37. The van der Waals surface area contributed by atoms with E-state index in [0.29, 0.717) is 16.4 Å². The van der Waals surface area contributed by atoms with Crippen molar-refractivity contribution in [1.29, 1.82) is 0 Å².